The second-order valence-electron chi connectivity index (χ2n) is 8.34. The second-order valence-corrected chi connectivity index (χ2v) is 8.34. The average Bonchev–Trinajstić information content (AvgIpc) is 3.21. The van der Waals surface area contributed by atoms with Crippen LogP contribution in [0.5, 0.6) is 0 Å². The van der Waals surface area contributed by atoms with E-state index in [9.17, 15) is 14.3 Å². The van der Waals surface area contributed by atoms with Crippen LogP contribution < -0.4 is 0 Å². The molecule has 1 aliphatic carbocycles. The number of carboxylic acids is 1. The van der Waals surface area contributed by atoms with Crippen molar-refractivity contribution in [1.29, 1.82) is 0 Å². The Morgan fingerprint density at radius 2 is 2.10 bits per heavy atom. The molecule has 2 aromatic heterocycles. The minimum Gasteiger partial charge on any atom is -0.481 e. The molecule has 1 saturated carbocycles. The van der Waals surface area contributed by atoms with Crippen LogP contribution in [0.2, 0.25) is 0 Å². The van der Waals surface area contributed by atoms with E-state index in [1.54, 1.807) is 19.2 Å². The van der Waals surface area contributed by atoms with E-state index in [0.29, 0.717) is 12.0 Å². The molecule has 4 aromatic rings. The number of hydrogen-bond acceptors (Lipinski definition) is 2. The summed E-state index contributed by atoms with van der Waals surface area (Å²) in [7, 11) is 0. The van der Waals surface area contributed by atoms with Crippen molar-refractivity contribution in [1.82, 2.24) is 14.8 Å². The van der Waals surface area contributed by atoms with Gasteiger partial charge in [0.15, 0.2) is 0 Å². The maximum Gasteiger partial charge on any atom is 0.307 e. The van der Waals surface area contributed by atoms with Gasteiger partial charge in [-0.3, -0.25) is 9.89 Å². The first-order chi connectivity index (χ1) is 13.9. The number of halogens is 1. The number of benzene rings is 2. The van der Waals surface area contributed by atoms with Gasteiger partial charge in [-0.2, -0.15) is 5.10 Å². The van der Waals surface area contributed by atoms with Gasteiger partial charge in [-0.05, 0) is 60.7 Å². The van der Waals surface area contributed by atoms with Crippen LogP contribution in [0, 0.1) is 18.7 Å². The van der Waals surface area contributed by atoms with Crippen molar-refractivity contribution in [2.75, 3.05) is 0 Å². The largest absolute Gasteiger partial charge is 0.481 e. The van der Waals surface area contributed by atoms with E-state index in [1.807, 2.05) is 6.07 Å². The van der Waals surface area contributed by atoms with Crippen LogP contribution in [-0.2, 0) is 4.79 Å². The van der Waals surface area contributed by atoms with Crippen molar-refractivity contribution >= 4 is 27.8 Å². The summed E-state index contributed by atoms with van der Waals surface area (Å²) in [6.07, 6.45) is 2.44. The lowest BCUT2D eigenvalue weighted by molar-refractivity contribution is -0.138. The predicted molar refractivity (Wildman–Crippen MR) is 110 cm³/mol. The highest BCUT2D eigenvalue weighted by Gasteiger charge is 2.47. The molecule has 5 nitrogen and oxygen atoms in total. The number of aromatic nitrogens is 3. The van der Waals surface area contributed by atoms with Gasteiger partial charge in [-0.1, -0.05) is 13.8 Å². The molecule has 2 aromatic carbocycles. The van der Waals surface area contributed by atoms with Crippen molar-refractivity contribution < 1.29 is 14.3 Å². The van der Waals surface area contributed by atoms with Crippen molar-refractivity contribution in [3.05, 3.63) is 59.2 Å². The Hall–Kier alpha value is -3.15. The molecule has 0 amide bonds. The number of aryl methyl sites for hydroxylation is 1. The number of rotatable bonds is 4. The standard InChI is InChI=1S/C23H22FN3O2/c1-11(2)22-21(15-8-16(15)23(28)29)17-9-19-13(10-25-26-19)7-20(17)27(22)14-4-5-18(24)12(3)6-14/h4-7,9-11,15-16H,8H2,1-3H3,(H,25,26)(H,28,29)/t15-,16-/m1/s1. The van der Waals surface area contributed by atoms with Gasteiger partial charge >= 0.3 is 5.97 Å². The number of nitrogens with one attached hydrogen (secondary N) is 1. The molecule has 0 radical (unpaired) electrons. The summed E-state index contributed by atoms with van der Waals surface area (Å²) >= 11 is 0. The zero-order valence-corrected chi connectivity index (χ0v) is 16.5. The first-order valence-corrected chi connectivity index (χ1v) is 9.87. The molecule has 2 atom stereocenters. The van der Waals surface area contributed by atoms with Gasteiger partial charge in [-0.15, -0.1) is 0 Å². The van der Waals surface area contributed by atoms with E-state index in [1.165, 1.54) is 6.07 Å². The van der Waals surface area contributed by atoms with E-state index in [-0.39, 0.29) is 23.6 Å². The van der Waals surface area contributed by atoms with Crippen molar-refractivity contribution in [3.63, 3.8) is 0 Å². The van der Waals surface area contributed by atoms with Crippen LogP contribution in [0.4, 0.5) is 4.39 Å². The van der Waals surface area contributed by atoms with Gasteiger partial charge in [0.1, 0.15) is 5.82 Å². The predicted octanol–water partition coefficient (Wildman–Crippen LogP) is 5.27. The third-order valence-electron chi connectivity index (χ3n) is 6.03. The molecule has 29 heavy (non-hydrogen) atoms. The number of carbonyl (C=O) groups is 1. The topological polar surface area (TPSA) is 70.9 Å². The fourth-order valence-electron chi connectivity index (χ4n) is 4.56. The molecule has 0 spiro atoms. The van der Waals surface area contributed by atoms with Gasteiger partial charge < -0.3 is 9.67 Å². The van der Waals surface area contributed by atoms with Crippen LogP contribution in [0.25, 0.3) is 27.5 Å². The Morgan fingerprint density at radius 3 is 2.76 bits per heavy atom. The zero-order chi connectivity index (χ0) is 20.4. The fraction of sp³-hybridized carbons (Fsp3) is 0.304. The second kappa shape index (κ2) is 6.17. The highest BCUT2D eigenvalue weighted by Crippen LogP contribution is 2.53. The van der Waals surface area contributed by atoms with Gasteiger partial charge in [-0.25, -0.2) is 4.39 Å². The van der Waals surface area contributed by atoms with Gasteiger partial charge in [0, 0.05) is 28.1 Å². The molecule has 0 saturated heterocycles. The summed E-state index contributed by atoms with van der Waals surface area (Å²) in [6.45, 7) is 6.00. The van der Waals surface area contributed by atoms with Crippen LogP contribution >= 0.6 is 0 Å². The molecule has 2 heterocycles. The lowest BCUT2D eigenvalue weighted by atomic mass is 9.98. The Balaban J connectivity index is 1.88. The van der Waals surface area contributed by atoms with E-state index in [2.05, 4.69) is 40.7 Å². The Bertz CT molecular complexity index is 1280. The SMILES string of the molecule is Cc1cc(-n2c(C(C)C)c([C@@H]3C[C@H]3C(=O)O)c3cc4[nH]ncc4cc32)ccc1F. The van der Waals surface area contributed by atoms with E-state index >= 15 is 0 Å². The number of H-pyrrole nitrogens is 1. The number of carboxylic acid groups (broad SMARTS) is 1. The highest BCUT2D eigenvalue weighted by atomic mass is 19.1. The van der Waals surface area contributed by atoms with Crippen molar-refractivity contribution in [2.45, 2.75) is 39.0 Å². The first kappa shape index (κ1) is 17.9. The summed E-state index contributed by atoms with van der Waals surface area (Å²) in [5.74, 6) is -1.16. The lowest BCUT2D eigenvalue weighted by Gasteiger charge is -2.16. The molecule has 0 aliphatic heterocycles. The Morgan fingerprint density at radius 1 is 1.31 bits per heavy atom. The molecule has 1 fully saturated rings. The van der Waals surface area contributed by atoms with E-state index in [0.717, 1.165) is 38.8 Å². The molecule has 148 valence electrons. The average molecular weight is 391 g/mol. The van der Waals surface area contributed by atoms with Gasteiger partial charge in [0.25, 0.3) is 0 Å². The summed E-state index contributed by atoms with van der Waals surface area (Å²) in [5.41, 5.74) is 5.59. The van der Waals surface area contributed by atoms with E-state index in [4.69, 9.17) is 0 Å². The smallest absolute Gasteiger partial charge is 0.307 e. The van der Waals surface area contributed by atoms with Crippen LogP contribution in [-0.4, -0.2) is 25.8 Å². The number of fused-ring (bicyclic) bond motifs is 2. The monoisotopic (exact) mass is 391 g/mol. The minimum absolute atomic E-state index is 0.00410. The zero-order valence-electron chi connectivity index (χ0n) is 16.5. The Labute approximate surface area is 167 Å². The fourth-order valence-corrected chi connectivity index (χ4v) is 4.56. The van der Waals surface area contributed by atoms with Crippen LogP contribution in [0.3, 0.4) is 0 Å². The molecule has 2 N–H and O–H groups in total. The van der Waals surface area contributed by atoms with Crippen LogP contribution in [0.15, 0.2) is 36.5 Å². The number of aliphatic carboxylic acids is 1. The number of hydrogen-bond donors (Lipinski definition) is 2. The minimum atomic E-state index is -0.745. The molecule has 1 aliphatic rings. The molecule has 6 heteroatoms. The third-order valence-corrected chi connectivity index (χ3v) is 6.03. The third kappa shape index (κ3) is 2.66. The van der Waals surface area contributed by atoms with Gasteiger partial charge in [0.2, 0.25) is 0 Å². The summed E-state index contributed by atoms with van der Waals surface area (Å²) in [5, 5.41) is 18.7. The summed E-state index contributed by atoms with van der Waals surface area (Å²) in [4.78, 5) is 11.6. The molecule has 0 bridgehead atoms. The van der Waals surface area contributed by atoms with Crippen molar-refractivity contribution in [3.8, 4) is 5.69 Å². The molecule has 0 unspecified atom stereocenters. The summed E-state index contributed by atoms with van der Waals surface area (Å²) in [6, 6.07) is 9.29. The normalized spacial score (nSPS) is 18.8. The maximum atomic E-state index is 14.0. The Kier molecular flexibility index (Phi) is 3.81. The molecule has 5 rings (SSSR count). The highest BCUT2D eigenvalue weighted by molar-refractivity contribution is 5.99. The van der Waals surface area contributed by atoms with Crippen LogP contribution in [0.1, 0.15) is 48.9 Å². The quantitative estimate of drug-likeness (QED) is 0.498. The molecular formula is C23H22FN3O2. The molecular weight excluding hydrogens is 369 g/mol. The number of aromatic amines is 1. The first-order valence-electron chi connectivity index (χ1n) is 9.87. The maximum absolute atomic E-state index is 14.0. The van der Waals surface area contributed by atoms with Gasteiger partial charge in [0.05, 0.1) is 23.1 Å². The van der Waals surface area contributed by atoms with Crippen molar-refractivity contribution in [2.24, 2.45) is 5.92 Å². The number of nitrogens with zero attached hydrogens (tertiary/aromatic N) is 2. The lowest BCUT2D eigenvalue weighted by Crippen LogP contribution is -2.06. The summed E-state index contributed by atoms with van der Waals surface area (Å²) < 4.78 is 16.1. The van der Waals surface area contributed by atoms with E-state index < -0.39 is 5.97 Å².